The first-order valence-corrected chi connectivity index (χ1v) is 11.9. The monoisotopic (exact) mass is 483 g/mol. The molecule has 4 rings (SSSR count). The van der Waals surface area contributed by atoms with E-state index in [2.05, 4.69) is 5.32 Å². The average Bonchev–Trinajstić information content (AvgIpc) is 3.28. The number of hydrogen-bond donors (Lipinski definition) is 2. The van der Waals surface area contributed by atoms with Gasteiger partial charge in [0.25, 0.3) is 5.91 Å². The molecule has 1 saturated heterocycles. The number of rotatable bonds is 6. The summed E-state index contributed by atoms with van der Waals surface area (Å²) in [5.41, 5.74) is 8.04. The molecule has 2 aliphatic rings. The average molecular weight is 483 g/mol. The van der Waals surface area contributed by atoms with Crippen LogP contribution in [-0.4, -0.2) is 83.9 Å². The third-order valence-corrected chi connectivity index (χ3v) is 7.14. The summed E-state index contributed by atoms with van der Waals surface area (Å²) in [6.45, 7) is 3.63. The van der Waals surface area contributed by atoms with E-state index in [-0.39, 0.29) is 28.7 Å². The van der Waals surface area contributed by atoms with Gasteiger partial charge in [-0.3, -0.25) is 9.59 Å². The minimum atomic E-state index is -0.569. The maximum atomic E-state index is 12.6. The van der Waals surface area contributed by atoms with Crippen molar-refractivity contribution in [1.29, 1.82) is 0 Å². The molecule has 0 aliphatic carbocycles. The lowest BCUT2D eigenvalue weighted by Crippen LogP contribution is -2.42. The minimum Gasteiger partial charge on any atom is -0.496 e. The molecule has 0 spiro atoms. The molecular formula is C24H28B3N5O4. The van der Waals surface area contributed by atoms with Gasteiger partial charge in [-0.2, -0.15) is 10.5 Å². The van der Waals surface area contributed by atoms with Crippen LogP contribution in [0.3, 0.4) is 0 Å². The third kappa shape index (κ3) is 4.60. The predicted molar refractivity (Wildman–Crippen MR) is 140 cm³/mol. The number of benzene rings is 1. The van der Waals surface area contributed by atoms with E-state index in [9.17, 15) is 9.59 Å². The normalized spacial score (nSPS) is 17.6. The summed E-state index contributed by atoms with van der Waals surface area (Å²) in [4.78, 5) is 26.8. The van der Waals surface area contributed by atoms with Gasteiger partial charge in [-0.1, -0.05) is 5.47 Å². The number of fused-ring (bicyclic) bond motifs is 1. The highest BCUT2D eigenvalue weighted by molar-refractivity contribution is 6.55. The quantitative estimate of drug-likeness (QED) is 0.473. The molecule has 1 aromatic carbocycles. The Balaban J connectivity index is 1.67. The van der Waals surface area contributed by atoms with Crippen molar-refractivity contribution < 1.29 is 19.1 Å². The second-order valence-corrected chi connectivity index (χ2v) is 9.17. The third-order valence-electron chi connectivity index (χ3n) is 7.14. The van der Waals surface area contributed by atoms with Crippen LogP contribution in [0.5, 0.6) is 11.5 Å². The summed E-state index contributed by atoms with van der Waals surface area (Å²) in [6.07, 6.45) is 2.32. The van der Waals surface area contributed by atoms with E-state index in [0.29, 0.717) is 53.8 Å². The Hall–Kier alpha value is -3.30. The van der Waals surface area contributed by atoms with E-state index in [1.807, 2.05) is 23.7 Å². The fourth-order valence-electron chi connectivity index (χ4n) is 5.18. The Labute approximate surface area is 215 Å². The van der Waals surface area contributed by atoms with Crippen molar-refractivity contribution in [3.63, 3.8) is 0 Å². The molecular weight excluding hydrogens is 455 g/mol. The zero-order chi connectivity index (χ0) is 26.1. The van der Waals surface area contributed by atoms with Gasteiger partial charge in [0.05, 0.1) is 36.0 Å². The maximum Gasteiger partial charge on any atom is 0.254 e. The minimum absolute atomic E-state index is 0.0343. The van der Waals surface area contributed by atoms with Gasteiger partial charge < -0.3 is 25.4 Å². The van der Waals surface area contributed by atoms with E-state index < -0.39 is 5.91 Å². The van der Waals surface area contributed by atoms with Crippen LogP contribution in [0.1, 0.15) is 41.2 Å². The van der Waals surface area contributed by atoms with Crippen molar-refractivity contribution in [3.8, 4) is 22.8 Å². The van der Waals surface area contributed by atoms with Crippen LogP contribution in [0, 0.1) is 12.8 Å². The van der Waals surface area contributed by atoms with Crippen molar-refractivity contribution in [3.05, 3.63) is 34.1 Å². The molecule has 3 N–H and O–H groups in total. The molecule has 1 unspecified atom stereocenters. The fourth-order valence-corrected chi connectivity index (χ4v) is 5.18. The predicted octanol–water partition coefficient (Wildman–Crippen LogP) is 1.24. The zero-order valence-electron chi connectivity index (χ0n) is 20.8. The van der Waals surface area contributed by atoms with Gasteiger partial charge >= 0.3 is 0 Å². The van der Waals surface area contributed by atoms with E-state index >= 15 is 0 Å². The Morgan fingerprint density at radius 2 is 1.69 bits per heavy atom. The molecule has 182 valence electrons. The number of likely N-dealkylation sites (tertiary alicyclic amines) is 1. The van der Waals surface area contributed by atoms with Gasteiger partial charge in [0.1, 0.15) is 36.4 Å². The largest absolute Gasteiger partial charge is 0.496 e. The molecule has 3 heterocycles. The topological polar surface area (TPSA) is 112 Å². The number of methoxy groups -OCH3 is 2. The van der Waals surface area contributed by atoms with Crippen LogP contribution in [-0.2, 0) is 4.79 Å². The Morgan fingerprint density at radius 1 is 1.08 bits per heavy atom. The number of ether oxygens (including phenoxy) is 2. The number of aromatic nitrogens is 2. The van der Waals surface area contributed by atoms with Gasteiger partial charge in [-0.25, -0.2) is 4.68 Å². The lowest BCUT2D eigenvalue weighted by atomic mass is 9.69. The molecule has 1 fully saturated rings. The molecule has 6 radical (unpaired) electrons. The number of hydrogen-bond acceptors (Lipinski definition) is 6. The van der Waals surface area contributed by atoms with Gasteiger partial charge in [-0.05, 0) is 44.2 Å². The second-order valence-electron chi connectivity index (χ2n) is 9.17. The number of primary amides is 1. The lowest BCUT2D eigenvalue weighted by molar-refractivity contribution is -0.128. The van der Waals surface area contributed by atoms with Gasteiger partial charge in [0.2, 0.25) is 5.91 Å². The first-order chi connectivity index (χ1) is 17.2. The number of piperidine rings is 1. The van der Waals surface area contributed by atoms with Crippen molar-refractivity contribution in [2.75, 3.05) is 39.2 Å². The highest BCUT2D eigenvalue weighted by atomic mass is 16.5. The highest BCUT2D eigenvalue weighted by Gasteiger charge is 2.36. The fraction of sp³-hybridized carbons (Fsp3) is 0.458. The van der Waals surface area contributed by atoms with Crippen LogP contribution in [0.15, 0.2) is 23.0 Å². The van der Waals surface area contributed by atoms with E-state index in [0.717, 1.165) is 24.8 Å². The molecule has 0 saturated carbocycles. The molecule has 1 atom stereocenters. The molecule has 36 heavy (non-hydrogen) atoms. The number of amides is 2. The molecule has 2 aliphatic heterocycles. The van der Waals surface area contributed by atoms with Gasteiger partial charge in [0, 0.05) is 30.8 Å². The molecule has 2 amide bonds. The van der Waals surface area contributed by atoms with Crippen LogP contribution in [0.4, 0.5) is 5.82 Å². The number of carbonyl (C=O) groups excluding carboxylic acids is 2. The van der Waals surface area contributed by atoms with Crippen LogP contribution in [0.25, 0.3) is 11.3 Å². The summed E-state index contributed by atoms with van der Waals surface area (Å²) in [5.74, 6) is 1.18. The van der Waals surface area contributed by atoms with Gasteiger partial charge in [-0.15, -0.1) is 0 Å². The smallest absolute Gasteiger partial charge is 0.254 e. The maximum absolute atomic E-state index is 12.6. The van der Waals surface area contributed by atoms with E-state index in [1.165, 1.54) is 0 Å². The summed E-state index contributed by atoms with van der Waals surface area (Å²) in [7, 11) is 19.9. The van der Waals surface area contributed by atoms with Crippen molar-refractivity contribution in [2.45, 2.75) is 32.2 Å². The van der Waals surface area contributed by atoms with Gasteiger partial charge in [0.15, 0.2) is 0 Å². The number of nitrogens with one attached hydrogen (secondary N) is 1. The number of nitrogens with two attached hydrogens (primary N) is 1. The first-order valence-electron chi connectivity index (χ1n) is 11.9. The van der Waals surface area contributed by atoms with E-state index in [1.54, 1.807) is 19.1 Å². The van der Waals surface area contributed by atoms with Crippen molar-refractivity contribution >= 4 is 41.2 Å². The van der Waals surface area contributed by atoms with Crippen molar-refractivity contribution in [2.24, 2.45) is 11.7 Å². The summed E-state index contributed by atoms with van der Waals surface area (Å²) >= 11 is 0. The van der Waals surface area contributed by atoms with Crippen LogP contribution in [0.2, 0.25) is 0 Å². The SMILES string of the molecule is [B]C([B])=C([B])C(=O)N1CCC(C2CCNc3c(C(N)=O)c(-c4cc(OC)c(C)c(OC)c4)nn32)CC1. The van der Waals surface area contributed by atoms with Crippen LogP contribution >= 0.6 is 0 Å². The molecule has 0 bridgehead atoms. The number of anilines is 1. The second kappa shape index (κ2) is 10.4. The molecule has 12 heteroatoms. The summed E-state index contributed by atoms with van der Waals surface area (Å²) < 4.78 is 12.9. The highest BCUT2D eigenvalue weighted by Crippen LogP contribution is 2.42. The number of carbonyl (C=O) groups is 2. The summed E-state index contributed by atoms with van der Waals surface area (Å²) in [6, 6.07) is 3.70. The Morgan fingerprint density at radius 3 is 2.22 bits per heavy atom. The molecule has 1 aromatic heterocycles. The summed E-state index contributed by atoms with van der Waals surface area (Å²) in [5, 5.41) is 8.03. The van der Waals surface area contributed by atoms with E-state index in [4.69, 9.17) is 43.8 Å². The Bertz CT molecular complexity index is 1190. The number of nitrogens with zero attached hydrogens (tertiary/aromatic N) is 3. The molecule has 2 aromatic rings. The Kier molecular flexibility index (Phi) is 7.42. The lowest BCUT2D eigenvalue weighted by Gasteiger charge is -2.38. The molecule has 9 nitrogen and oxygen atoms in total. The van der Waals surface area contributed by atoms with Crippen molar-refractivity contribution in [1.82, 2.24) is 14.7 Å². The van der Waals surface area contributed by atoms with Crippen LogP contribution < -0.4 is 20.5 Å². The zero-order valence-corrected chi connectivity index (χ0v) is 20.8. The standard InChI is InChI=1S/C24H28B3N5O4/c1-12-16(35-2)10-14(11-17(12)36-3)20-18(22(28)33)23-29-7-4-15(32(23)30-20)13-5-8-31(9-6-13)24(34)19(25)21(26)27/h10-11,13,15,29H,4-9H2,1-3H3,(H2,28,33). The first kappa shape index (κ1) is 25.8.